The molecular weight excluding hydrogens is 188 g/mol. The molecule has 0 saturated carbocycles. The summed E-state index contributed by atoms with van der Waals surface area (Å²) in [6.45, 7) is 4.39. The zero-order chi connectivity index (χ0) is 10.1. The molecule has 0 amide bonds. The minimum absolute atomic E-state index is 0.213. The first kappa shape index (κ1) is 12.5. The summed E-state index contributed by atoms with van der Waals surface area (Å²) >= 11 is 0. The van der Waals surface area contributed by atoms with E-state index in [2.05, 4.69) is 0 Å². The molecule has 0 aliphatic heterocycles. The number of hydrogen-bond donors (Lipinski definition) is 0. The minimum atomic E-state index is -0.891. The van der Waals surface area contributed by atoms with Crippen molar-refractivity contribution in [3.8, 4) is 0 Å². The summed E-state index contributed by atoms with van der Waals surface area (Å²) in [6, 6.07) is 0. The lowest BCUT2D eigenvalue weighted by molar-refractivity contribution is -0.0542. The maximum atomic E-state index is 5.40. The molecule has 0 radical (unpaired) electrons. The molecule has 5 heteroatoms. The van der Waals surface area contributed by atoms with Crippen molar-refractivity contribution in [3.63, 3.8) is 0 Å². The number of methoxy groups -OCH3 is 2. The van der Waals surface area contributed by atoms with E-state index in [1.54, 1.807) is 20.3 Å². The fraction of sp³-hybridized carbons (Fsp3) is 0.750. The Kier molecular flexibility index (Phi) is 7.77. The van der Waals surface area contributed by atoms with E-state index in [4.69, 9.17) is 18.6 Å². The SMILES string of the molecule is C/C=C(/OCC)O[SiH2]C(OC)OC. The van der Waals surface area contributed by atoms with Crippen molar-refractivity contribution in [2.24, 2.45) is 0 Å². The Morgan fingerprint density at radius 1 is 1.38 bits per heavy atom. The first-order chi connectivity index (χ1) is 6.28. The smallest absolute Gasteiger partial charge is 0.282 e. The second kappa shape index (κ2) is 8.09. The number of ether oxygens (including phenoxy) is 3. The van der Waals surface area contributed by atoms with Gasteiger partial charge < -0.3 is 18.6 Å². The van der Waals surface area contributed by atoms with Crippen molar-refractivity contribution in [3.05, 3.63) is 12.0 Å². The van der Waals surface area contributed by atoms with E-state index in [0.717, 1.165) is 0 Å². The van der Waals surface area contributed by atoms with Crippen LogP contribution in [-0.2, 0) is 18.6 Å². The van der Waals surface area contributed by atoms with E-state index < -0.39 is 9.76 Å². The predicted octanol–water partition coefficient (Wildman–Crippen LogP) is 0.561. The highest BCUT2D eigenvalue weighted by molar-refractivity contribution is 6.28. The fourth-order valence-corrected chi connectivity index (χ4v) is 1.56. The van der Waals surface area contributed by atoms with Crippen molar-refractivity contribution in [1.29, 1.82) is 0 Å². The number of allylic oxidation sites excluding steroid dienone is 1. The van der Waals surface area contributed by atoms with E-state index in [9.17, 15) is 0 Å². The largest absolute Gasteiger partial charge is 0.519 e. The Morgan fingerprint density at radius 2 is 2.00 bits per heavy atom. The summed E-state index contributed by atoms with van der Waals surface area (Å²) in [7, 11) is 2.30. The second-order valence-corrected chi connectivity index (χ2v) is 3.54. The topological polar surface area (TPSA) is 36.9 Å². The van der Waals surface area contributed by atoms with Crippen molar-refractivity contribution in [1.82, 2.24) is 0 Å². The molecule has 4 nitrogen and oxygen atoms in total. The molecule has 0 saturated heterocycles. The van der Waals surface area contributed by atoms with Crippen molar-refractivity contribution >= 4 is 9.76 Å². The van der Waals surface area contributed by atoms with Crippen LogP contribution in [0.3, 0.4) is 0 Å². The Hall–Kier alpha value is -0.523. The lowest BCUT2D eigenvalue weighted by atomic mass is 10.7. The molecule has 0 rings (SSSR count). The third-order valence-electron chi connectivity index (χ3n) is 1.41. The second-order valence-electron chi connectivity index (χ2n) is 2.25. The minimum Gasteiger partial charge on any atom is -0.519 e. The van der Waals surface area contributed by atoms with E-state index in [0.29, 0.717) is 12.6 Å². The summed E-state index contributed by atoms with van der Waals surface area (Å²) in [6.07, 6.45) is 1.79. The van der Waals surface area contributed by atoms with Gasteiger partial charge in [-0.1, -0.05) is 0 Å². The molecule has 78 valence electrons. The average Bonchev–Trinajstić information content (AvgIpc) is 2.17. The van der Waals surface area contributed by atoms with Crippen LogP contribution in [0.1, 0.15) is 13.8 Å². The third kappa shape index (κ3) is 5.68. The van der Waals surface area contributed by atoms with Gasteiger partial charge in [-0.05, 0) is 19.9 Å². The third-order valence-corrected chi connectivity index (χ3v) is 2.80. The van der Waals surface area contributed by atoms with Gasteiger partial charge in [0.25, 0.3) is 15.7 Å². The molecule has 0 fully saturated rings. The molecule has 0 aliphatic carbocycles. The summed E-state index contributed by atoms with van der Waals surface area (Å²) in [5.41, 5.74) is 0. The maximum Gasteiger partial charge on any atom is 0.282 e. The molecule has 0 heterocycles. The van der Waals surface area contributed by atoms with E-state index >= 15 is 0 Å². The molecule has 0 atom stereocenters. The van der Waals surface area contributed by atoms with Gasteiger partial charge in [-0.15, -0.1) is 0 Å². The molecule has 0 unspecified atom stereocenters. The molecule has 13 heavy (non-hydrogen) atoms. The lowest BCUT2D eigenvalue weighted by Gasteiger charge is -2.15. The van der Waals surface area contributed by atoms with E-state index in [1.807, 2.05) is 13.8 Å². The van der Waals surface area contributed by atoms with Gasteiger partial charge in [0, 0.05) is 14.2 Å². The van der Waals surface area contributed by atoms with Gasteiger partial charge in [-0.2, -0.15) is 0 Å². The van der Waals surface area contributed by atoms with Gasteiger partial charge in [0.05, 0.1) is 6.61 Å². The summed E-state index contributed by atoms with van der Waals surface area (Å²) in [4.78, 5) is 0. The number of rotatable bonds is 7. The Balaban J connectivity index is 3.70. The van der Waals surface area contributed by atoms with Gasteiger partial charge in [-0.25, -0.2) is 0 Å². The normalized spacial score (nSPS) is 12.8. The standard InChI is InChI=1S/C8H18O4Si/c1-5-7(11-6-2)12-13-8(9-3)10-4/h5,8H,6,13H2,1-4H3/b7-5-. The Morgan fingerprint density at radius 3 is 2.38 bits per heavy atom. The molecule has 0 N–H and O–H groups in total. The van der Waals surface area contributed by atoms with Crippen LogP contribution in [0.5, 0.6) is 0 Å². The highest BCUT2D eigenvalue weighted by Gasteiger charge is 2.08. The number of hydrogen-bond acceptors (Lipinski definition) is 4. The van der Waals surface area contributed by atoms with Gasteiger partial charge >= 0.3 is 0 Å². The monoisotopic (exact) mass is 206 g/mol. The van der Waals surface area contributed by atoms with E-state index in [-0.39, 0.29) is 5.91 Å². The quantitative estimate of drug-likeness (QED) is 0.346. The summed E-state index contributed by atoms with van der Waals surface area (Å²) in [5, 5.41) is 0. The maximum absolute atomic E-state index is 5.40. The zero-order valence-electron chi connectivity index (χ0n) is 8.70. The Bertz CT molecular complexity index is 145. The molecule has 0 aromatic carbocycles. The molecule has 0 spiro atoms. The van der Waals surface area contributed by atoms with Crippen LogP contribution in [-0.4, -0.2) is 36.5 Å². The first-order valence-electron chi connectivity index (χ1n) is 4.25. The first-order valence-corrected chi connectivity index (χ1v) is 5.65. The van der Waals surface area contributed by atoms with Crippen LogP contribution in [0.15, 0.2) is 12.0 Å². The summed E-state index contributed by atoms with van der Waals surface area (Å²) < 4.78 is 20.6. The van der Waals surface area contributed by atoms with Gasteiger partial charge in [0.15, 0.2) is 5.91 Å². The average molecular weight is 206 g/mol. The van der Waals surface area contributed by atoms with Gasteiger partial charge in [0.2, 0.25) is 0 Å². The van der Waals surface area contributed by atoms with E-state index in [1.165, 1.54) is 0 Å². The predicted molar refractivity (Wildman–Crippen MR) is 52.8 cm³/mol. The van der Waals surface area contributed by atoms with Crippen LogP contribution >= 0.6 is 0 Å². The molecule has 0 aromatic heterocycles. The molecule has 0 aromatic rings. The van der Waals surface area contributed by atoms with Crippen molar-refractivity contribution < 1.29 is 18.6 Å². The lowest BCUT2D eigenvalue weighted by Crippen LogP contribution is -2.24. The van der Waals surface area contributed by atoms with Gasteiger partial charge in [0.1, 0.15) is 0 Å². The van der Waals surface area contributed by atoms with Crippen LogP contribution < -0.4 is 0 Å². The van der Waals surface area contributed by atoms with Crippen molar-refractivity contribution in [2.45, 2.75) is 19.8 Å². The van der Waals surface area contributed by atoms with Gasteiger partial charge in [-0.3, -0.25) is 0 Å². The van der Waals surface area contributed by atoms with Crippen LogP contribution in [0.4, 0.5) is 0 Å². The molecule has 0 aliphatic rings. The van der Waals surface area contributed by atoms with Crippen LogP contribution in [0.2, 0.25) is 0 Å². The Labute approximate surface area is 81.8 Å². The summed E-state index contributed by atoms with van der Waals surface area (Å²) in [5.74, 6) is 0.351. The molecular formula is C8H18O4Si. The fourth-order valence-electron chi connectivity index (χ4n) is 0.733. The van der Waals surface area contributed by atoms with Crippen molar-refractivity contribution in [2.75, 3.05) is 20.8 Å². The zero-order valence-corrected chi connectivity index (χ0v) is 10.1. The highest BCUT2D eigenvalue weighted by atomic mass is 28.2. The van der Waals surface area contributed by atoms with Crippen LogP contribution in [0, 0.1) is 0 Å². The van der Waals surface area contributed by atoms with Crippen LogP contribution in [0.25, 0.3) is 0 Å². The highest BCUT2D eigenvalue weighted by Crippen LogP contribution is 2.00. The molecule has 0 bridgehead atoms.